The lowest BCUT2D eigenvalue weighted by Crippen LogP contribution is -1.98. The highest BCUT2D eigenvalue weighted by Crippen LogP contribution is 2.36. The number of hydrogen-bond donors (Lipinski definition) is 0. The number of aryl methyl sites for hydroxylation is 1. The Bertz CT molecular complexity index is 1220. The Labute approximate surface area is 212 Å². The average molecular weight is 568 g/mol. The second-order valence-electron chi connectivity index (χ2n) is 8.17. The number of unbranched alkanes of at least 4 members (excludes halogenated alkanes) is 2. The van der Waals surface area contributed by atoms with Crippen LogP contribution in [0.4, 0.5) is 0 Å². The minimum Gasteiger partial charge on any atom is -0.494 e. The molecule has 0 N–H and O–H groups in total. The number of ether oxygens (including phenoxy) is 1. The van der Waals surface area contributed by atoms with E-state index in [-0.39, 0.29) is 0 Å². The number of fused-ring (bicyclic) bond motifs is 1. The first-order valence-corrected chi connectivity index (χ1v) is 13.2. The monoisotopic (exact) mass is 566 g/mol. The van der Waals surface area contributed by atoms with Gasteiger partial charge in [-0.25, -0.2) is 9.97 Å². The molecular formula is C28H28Br2N2O. The molecule has 0 bridgehead atoms. The fourth-order valence-corrected chi connectivity index (χ4v) is 4.55. The maximum absolute atomic E-state index is 5.85. The van der Waals surface area contributed by atoms with Gasteiger partial charge in [0.2, 0.25) is 0 Å². The molecule has 0 aliphatic carbocycles. The summed E-state index contributed by atoms with van der Waals surface area (Å²) >= 11 is 7.31. The highest BCUT2D eigenvalue weighted by molar-refractivity contribution is 9.11. The topological polar surface area (TPSA) is 35.0 Å². The molecule has 1 aromatic heterocycles. The van der Waals surface area contributed by atoms with Crippen LogP contribution in [0.15, 0.2) is 69.6 Å². The van der Waals surface area contributed by atoms with Crippen molar-refractivity contribution in [2.45, 2.75) is 46.0 Å². The third-order valence-electron chi connectivity index (χ3n) is 5.67. The lowest BCUT2D eigenvalue weighted by atomic mass is 10.0. The van der Waals surface area contributed by atoms with Gasteiger partial charge in [0.1, 0.15) is 16.8 Å². The molecule has 0 aliphatic heterocycles. The van der Waals surface area contributed by atoms with Gasteiger partial charge in [-0.2, -0.15) is 0 Å². The highest BCUT2D eigenvalue weighted by atomic mass is 79.9. The molecule has 0 fully saturated rings. The van der Waals surface area contributed by atoms with Crippen molar-refractivity contribution in [2.75, 3.05) is 6.61 Å². The van der Waals surface area contributed by atoms with Crippen LogP contribution in [0.3, 0.4) is 0 Å². The maximum atomic E-state index is 5.85. The smallest absolute Gasteiger partial charge is 0.119 e. The normalized spacial score (nSPS) is 11.2. The van der Waals surface area contributed by atoms with Crippen molar-refractivity contribution in [1.82, 2.24) is 9.97 Å². The summed E-state index contributed by atoms with van der Waals surface area (Å²) in [6.07, 6.45) is 5.68. The number of rotatable bonds is 9. The van der Waals surface area contributed by atoms with Crippen LogP contribution in [0.5, 0.6) is 5.75 Å². The molecule has 5 heteroatoms. The molecule has 3 aromatic carbocycles. The van der Waals surface area contributed by atoms with Gasteiger partial charge in [-0.05, 0) is 93.1 Å². The van der Waals surface area contributed by atoms with Gasteiger partial charge in [0.15, 0.2) is 0 Å². The Kier molecular flexibility index (Phi) is 8.15. The zero-order valence-electron chi connectivity index (χ0n) is 19.1. The minimum absolute atomic E-state index is 0.738. The molecule has 1 heterocycles. The highest BCUT2D eigenvalue weighted by Gasteiger charge is 2.16. The standard InChI is InChI=1S/C28H28Br2N2O/c1-3-5-7-19-8-10-20(11-9-19)25-26(21-12-14-22(15-13-21)33-18-6-4-2)32-28-24(30)17-16-23(29)27(28)31-25/h8-17H,3-7,18H2,1-2H3. The van der Waals surface area contributed by atoms with Crippen molar-refractivity contribution in [3.63, 3.8) is 0 Å². The lowest BCUT2D eigenvalue weighted by molar-refractivity contribution is 0.309. The summed E-state index contributed by atoms with van der Waals surface area (Å²) < 4.78 is 7.71. The van der Waals surface area contributed by atoms with Crippen molar-refractivity contribution in [2.24, 2.45) is 0 Å². The van der Waals surface area contributed by atoms with Crippen molar-refractivity contribution < 1.29 is 4.74 Å². The van der Waals surface area contributed by atoms with E-state index < -0.39 is 0 Å². The number of halogens is 2. The number of nitrogens with zero attached hydrogens (tertiary/aromatic N) is 2. The molecule has 0 saturated heterocycles. The van der Waals surface area contributed by atoms with Crippen LogP contribution >= 0.6 is 31.9 Å². The van der Waals surface area contributed by atoms with Gasteiger partial charge in [-0.3, -0.25) is 0 Å². The summed E-state index contributed by atoms with van der Waals surface area (Å²) in [5.41, 5.74) is 6.86. The van der Waals surface area contributed by atoms with Crippen molar-refractivity contribution in [1.29, 1.82) is 0 Å². The van der Waals surface area contributed by atoms with E-state index in [1.807, 2.05) is 24.3 Å². The number of hydrogen-bond acceptors (Lipinski definition) is 3. The summed E-state index contributed by atoms with van der Waals surface area (Å²) in [4.78, 5) is 10.2. The van der Waals surface area contributed by atoms with Crippen LogP contribution in [0.2, 0.25) is 0 Å². The van der Waals surface area contributed by atoms with E-state index in [1.54, 1.807) is 0 Å². The lowest BCUT2D eigenvalue weighted by Gasteiger charge is -2.13. The molecule has 0 aliphatic rings. The Morgan fingerprint density at radius 1 is 0.667 bits per heavy atom. The number of aromatic nitrogens is 2. The van der Waals surface area contributed by atoms with Gasteiger partial charge in [0, 0.05) is 20.1 Å². The summed E-state index contributed by atoms with van der Waals surface area (Å²) in [5.74, 6) is 0.881. The van der Waals surface area contributed by atoms with E-state index in [1.165, 1.54) is 18.4 Å². The van der Waals surface area contributed by atoms with Gasteiger partial charge in [0.05, 0.1) is 18.0 Å². The fraction of sp³-hybridized carbons (Fsp3) is 0.286. The van der Waals surface area contributed by atoms with Gasteiger partial charge in [0.25, 0.3) is 0 Å². The second kappa shape index (κ2) is 11.3. The first-order valence-electron chi connectivity index (χ1n) is 11.6. The van der Waals surface area contributed by atoms with Gasteiger partial charge in [-0.15, -0.1) is 0 Å². The molecule has 3 nitrogen and oxygen atoms in total. The molecular weight excluding hydrogens is 540 g/mol. The minimum atomic E-state index is 0.738. The van der Waals surface area contributed by atoms with E-state index in [0.717, 1.165) is 74.1 Å². The van der Waals surface area contributed by atoms with Gasteiger partial charge >= 0.3 is 0 Å². The fourth-order valence-electron chi connectivity index (χ4n) is 3.73. The third kappa shape index (κ3) is 5.64. The van der Waals surface area contributed by atoms with Gasteiger partial charge < -0.3 is 4.74 Å². The molecule has 0 spiro atoms. The first-order chi connectivity index (χ1) is 16.1. The van der Waals surface area contributed by atoms with E-state index in [4.69, 9.17) is 14.7 Å². The molecule has 4 aromatic rings. The largest absolute Gasteiger partial charge is 0.494 e. The Morgan fingerprint density at radius 3 is 1.70 bits per heavy atom. The third-order valence-corrected chi connectivity index (χ3v) is 6.94. The van der Waals surface area contributed by atoms with E-state index >= 15 is 0 Å². The van der Waals surface area contributed by atoms with Crippen LogP contribution in [0.1, 0.15) is 45.1 Å². The van der Waals surface area contributed by atoms with E-state index in [0.29, 0.717) is 0 Å². The van der Waals surface area contributed by atoms with Crippen molar-refractivity contribution in [3.05, 3.63) is 75.2 Å². The van der Waals surface area contributed by atoms with Crippen molar-refractivity contribution in [3.8, 4) is 28.3 Å². The molecule has 33 heavy (non-hydrogen) atoms. The summed E-state index contributed by atoms with van der Waals surface area (Å²) in [6.45, 7) is 5.13. The van der Waals surface area contributed by atoms with E-state index in [2.05, 4.69) is 82.1 Å². The van der Waals surface area contributed by atoms with Crippen LogP contribution in [0, 0.1) is 0 Å². The predicted octanol–water partition coefficient (Wildman–Crippen LogP) is 9.01. The Morgan fingerprint density at radius 2 is 1.18 bits per heavy atom. The van der Waals surface area contributed by atoms with Crippen LogP contribution in [0.25, 0.3) is 33.5 Å². The summed E-state index contributed by atoms with van der Waals surface area (Å²) in [7, 11) is 0. The predicted molar refractivity (Wildman–Crippen MR) is 145 cm³/mol. The SMILES string of the molecule is CCCCOc1ccc(-c2nc3c(Br)ccc(Br)c3nc2-c2ccc(CCCC)cc2)cc1. The molecule has 0 amide bonds. The summed E-state index contributed by atoms with van der Waals surface area (Å²) in [6, 6.07) is 20.9. The quantitative estimate of drug-likeness (QED) is 0.189. The van der Waals surface area contributed by atoms with Crippen LogP contribution in [-0.2, 0) is 6.42 Å². The van der Waals surface area contributed by atoms with E-state index in [9.17, 15) is 0 Å². The molecule has 0 atom stereocenters. The molecule has 4 rings (SSSR count). The zero-order valence-corrected chi connectivity index (χ0v) is 22.2. The Balaban J connectivity index is 1.79. The zero-order chi connectivity index (χ0) is 23.2. The average Bonchev–Trinajstić information content (AvgIpc) is 2.85. The molecule has 170 valence electrons. The first kappa shape index (κ1) is 23.9. The Hall–Kier alpha value is -2.24. The number of benzene rings is 3. The molecule has 0 unspecified atom stereocenters. The van der Waals surface area contributed by atoms with Crippen molar-refractivity contribution >= 4 is 42.9 Å². The molecule has 0 radical (unpaired) electrons. The molecule has 0 saturated carbocycles. The second-order valence-corrected chi connectivity index (χ2v) is 9.88. The van der Waals surface area contributed by atoms with Gasteiger partial charge in [-0.1, -0.05) is 51.0 Å². The van der Waals surface area contributed by atoms with Crippen LogP contribution in [-0.4, -0.2) is 16.6 Å². The maximum Gasteiger partial charge on any atom is 0.119 e. The van der Waals surface area contributed by atoms with Crippen LogP contribution < -0.4 is 4.74 Å². The summed E-state index contributed by atoms with van der Waals surface area (Å²) in [5, 5.41) is 0.